The second-order valence-electron chi connectivity index (χ2n) is 6.72. The van der Waals surface area contributed by atoms with E-state index < -0.39 is 6.10 Å². The maximum absolute atomic E-state index is 10.4. The highest BCUT2D eigenvalue weighted by Crippen LogP contribution is 2.32. The molecule has 0 saturated carbocycles. The van der Waals surface area contributed by atoms with Crippen molar-refractivity contribution in [1.82, 2.24) is 24.6 Å². The van der Waals surface area contributed by atoms with Crippen LogP contribution in [-0.4, -0.2) is 29.7 Å². The fourth-order valence-corrected chi connectivity index (χ4v) is 3.48. The van der Waals surface area contributed by atoms with Crippen molar-refractivity contribution < 1.29 is 5.11 Å². The van der Waals surface area contributed by atoms with Gasteiger partial charge in [-0.25, -0.2) is 9.97 Å². The van der Waals surface area contributed by atoms with Crippen LogP contribution < -0.4 is 0 Å². The number of aromatic nitrogens is 5. The monoisotopic (exact) mass is 381 g/mol. The maximum atomic E-state index is 10.4. The SMILES string of the molecule is CCCC(O)c1ccc(Cl)c(-c2nnc3c(C)nc4ccc(C)nc4n23)c1. The summed E-state index contributed by atoms with van der Waals surface area (Å²) in [4.78, 5) is 9.23. The standard InChI is InChI=1S/C20H20ClN5O/c1-4-5-17(27)13-7-8-15(21)14(10-13)19-25-24-18-12(3)23-16-9-6-11(2)22-20(16)26(18)19/h6-10,17,27H,4-5H2,1-3H3. The molecule has 0 bridgehead atoms. The molecule has 0 aliphatic rings. The molecular weight excluding hydrogens is 362 g/mol. The number of halogens is 1. The molecule has 6 nitrogen and oxygen atoms in total. The molecule has 1 atom stereocenters. The zero-order valence-corrected chi connectivity index (χ0v) is 16.2. The lowest BCUT2D eigenvalue weighted by atomic mass is 10.0. The normalized spacial score (nSPS) is 12.8. The molecule has 0 radical (unpaired) electrons. The van der Waals surface area contributed by atoms with Gasteiger partial charge in [0, 0.05) is 11.3 Å². The van der Waals surface area contributed by atoms with E-state index in [1.54, 1.807) is 6.07 Å². The Labute approximate surface area is 161 Å². The van der Waals surface area contributed by atoms with E-state index >= 15 is 0 Å². The number of hydrogen-bond acceptors (Lipinski definition) is 5. The molecule has 7 heteroatoms. The van der Waals surface area contributed by atoms with Gasteiger partial charge in [0.05, 0.1) is 16.8 Å². The van der Waals surface area contributed by atoms with Gasteiger partial charge in [0.15, 0.2) is 17.1 Å². The van der Waals surface area contributed by atoms with Gasteiger partial charge in [-0.05, 0) is 50.1 Å². The van der Waals surface area contributed by atoms with Crippen molar-refractivity contribution in [2.24, 2.45) is 0 Å². The average molecular weight is 382 g/mol. The number of aliphatic hydroxyl groups is 1. The first kappa shape index (κ1) is 17.8. The van der Waals surface area contributed by atoms with Crippen LogP contribution in [0.3, 0.4) is 0 Å². The number of fused-ring (bicyclic) bond motifs is 3. The molecule has 0 aliphatic carbocycles. The van der Waals surface area contributed by atoms with Crippen molar-refractivity contribution >= 4 is 28.4 Å². The Bertz CT molecular complexity index is 1150. The third-order valence-corrected chi connectivity index (χ3v) is 4.99. The van der Waals surface area contributed by atoms with E-state index in [1.807, 2.05) is 49.4 Å². The minimum absolute atomic E-state index is 0.536. The van der Waals surface area contributed by atoms with Gasteiger partial charge in [0.2, 0.25) is 0 Å². The smallest absolute Gasteiger partial charge is 0.184 e. The Kier molecular flexibility index (Phi) is 4.53. The van der Waals surface area contributed by atoms with Crippen LogP contribution in [0.25, 0.3) is 28.2 Å². The van der Waals surface area contributed by atoms with Gasteiger partial charge < -0.3 is 5.11 Å². The molecule has 138 valence electrons. The lowest BCUT2D eigenvalue weighted by Gasteiger charge is -2.12. The second kappa shape index (κ2) is 6.87. The Hall–Kier alpha value is -2.57. The zero-order valence-electron chi connectivity index (χ0n) is 15.4. The van der Waals surface area contributed by atoms with Gasteiger partial charge in [-0.15, -0.1) is 10.2 Å². The average Bonchev–Trinajstić information content (AvgIpc) is 3.09. The van der Waals surface area contributed by atoms with Crippen LogP contribution in [0.15, 0.2) is 30.3 Å². The number of benzene rings is 1. The Morgan fingerprint density at radius 1 is 1.07 bits per heavy atom. The molecule has 1 unspecified atom stereocenters. The summed E-state index contributed by atoms with van der Waals surface area (Å²) in [6.07, 6.45) is 1.05. The van der Waals surface area contributed by atoms with Crippen molar-refractivity contribution in [2.45, 2.75) is 39.7 Å². The van der Waals surface area contributed by atoms with Crippen molar-refractivity contribution in [3.63, 3.8) is 0 Å². The minimum atomic E-state index is -0.536. The molecule has 0 aliphatic heterocycles. The number of aryl methyl sites for hydroxylation is 2. The van der Waals surface area contributed by atoms with Crippen LogP contribution in [-0.2, 0) is 0 Å². The van der Waals surface area contributed by atoms with Crippen LogP contribution >= 0.6 is 11.6 Å². The van der Waals surface area contributed by atoms with E-state index in [1.165, 1.54) is 0 Å². The van der Waals surface area contributed by atoms with Gasteiger partial charge in [0.25, 0.3) is 0 Å². The van der Waals surface area contributed by atoms with E-state index in [4.69, 9.17) is 11.6 Å². The third kappa shape index (κ3) is 3.05. The molecule has 0 amide bonds. The van der Waals surface area contributed by atoms with E-state index in [0.717, 1.165) is 28.9 Å². The summed E-state index contributed by atoms with van der Waals surface area (Å²) in [5, 5.41) is 19.6. The van der Waals surface area contributed by atoms with E-state index in [0.29, 0.717) is 34.1 Å². The molecule has 4 rings (SSSR count). The summed E-state index contributed by atoms with van der Waals surface area (Å²) in [6, 6.07) is 9.40. The summed E-state index contributed by atoms with van der Waals surface area (Å²) in [7, 11) is 0. The quantitative estimate of drug-likeness (QED) is 0.565. The first-order valence-electron chi connectivity index (χ1n) is 8.96. The molecule has 0 spiro atoms. The van der Waals surface area contributed by atoms with Crippen LogP contribution in [0, 0.1) is 13.8 Å². The molecule has 0 fully saturated rings. The lowest BCUT2D eigenvalue weighted by molar-refractivity contribution is 0.166. The summed E-state index contributed by atoms with van der Waals surface area (Å²) in [6.45, 7) is 5.88. The molecule has 27 heavy (non-hydrogen) atoms. The highest BCUT2D eigenvalue weighted by molar-refractivity contribution is 6.33. The van der Waals surface area contributed by atoms with Crippen molar-refractivity contribution in [2.75, 3.05) is 0 Å². The van der Waals surface area contributed by atoms with Gasteiger partial charge in [-0.1, -0.05) is 31.0 Å². The first-order valence-corrected chi connectivity index (χ1v) is 9.34. The van der Waals surface area contributed by atoms with Crippen molar-refractivity contribution in [3.05, 3.63) is 52.3 Å². The molecular formula is C20H20ClN5O. The van der Waals surface area contributed by atoms with Crippen LogP contribution in [0.5, 0.6) is 0 Å². The molecule has 4 aromatic rings. The minimum Gasteiger partial charge on any atom is -0.388 e. The highest BCUT2D eigenvalue weighted by atomic mass is 35.5. The lowest BCUT2D eigenvalue weighted by Crippen LogP contribution is -2.02. The fourth-order valence-electron chi connectivity index (χ4n) is 3.27. The predicted octanol–water partition coefficient (Wildman–Crippen LogP) is 4.44. The van der Waals surface area contributed by atoms with Crippen LogP contribution in [0.4, 0.5) is 0 Å². The Morgan fingerprint density at radius 2 is 1.89 bits per heavy atom. The van der Waals surface area contributed by atoms with E-state index in [2.05, 4.69) is 20.2 Å². The van der Waals surface area contributed by atoms with Gasteiger partial charge in [0.1, 0.15) is 5.52 Å². The fraction of sp³-hybridized carbons (Fsp3) is 0.300. The highest BCUT2D eigenvalue weighted by Gasteiger charge is 2.19. The number of aliphatic hydroxyl groups excluding tert-OH is 1. The number of rotatable bonds is 4. The summed E-state index contributed by atoms with van der Waals surface area (Å²) < 4.78 is 1.89. The predicted molar refractivity (Wildman–Crippen MR) is 106 cm³/mol. The molecule has 3 heterocycles. The number of pyridine rings is 1. The number of nitrogens with zero attached hydrogens (tertiary/aromatic N) is 5. The molecule has 0 saturated heterocycles. The van der Waals surface area contributed by atoms with Gasteiger partial charge in [-0.2, -0.15) is 0 Å². The molecule has 1 N–H and O–H groups in total. The Balaban J connectivity index is 2.01. The Morgan fingerprint density at radius 3 is 2.67 bits per heavy atom. The summed E-state index contributed by atoms with van der Waals surface area (Å²) in [5.74, 6) is 0.592. The summed E-state index contributed by atoms with van der Waals surface area (Å²) >= 11 is 6.49. The largest absolute Gasteiger partial charge is 0.388 e. The number of hydrogen-bond donors (Lipinski definition) is 1. The van der Waals surface area contributed by atoms with Crippen molar-refractivity contribution in [3.8, 4) is 11.4 Å². The zero-order chi connectivity index (χ0) is 19.1. The third-order valence-electron chi connectivity index (χ3n) is 4.66. The maximum Gasteiger partial charge on any atom is 0.184 e. The topological polar surface area (TPSA) is 76.2 Å². The van der Waals surface area contributed by atoms with E-state index in [-0.39, 0.29) is 0 Å². The first-order chi connectivity index (χ1) is 13.0. The van der Waals surface area contributed by atoms with Gasteiger partial charge in [-0.3, -0.25) is 4.40 Å². The van der Waals surface area contributed by atoms with Gasteiger partial charge >= 0.3 is 0 Å². The second-order valence-corrected chi connectivity index (χ2v) is 7.13. The van der Waals surface area contributed by atoms with Crippen LogP contribution in [0.2, 0.25) is 5.02 Å². The van der Waals surface area contributed by atoms with Crippen LogP contribution in [0.1, 0.15) is 42.8 Å². The molecule has 1 aromatic carbocycles. The summed E-state index contributed by atoms with van der Waals surface area (Å²) in [5.41, 5.74) is 5.28. The van der Waals surface area contributed by atoms with E-state index in [9.17, 15) is 5.11 Å². The van der Waals surface area contributed by atoms with Crippen molar-refractivity contribution in [1.29, 1.82) is 0 Å². The molecule has 3 aromatic heterocycles.